The summed E-state index contributed by atoms with van der Waals surface area (Å²) in [6.07, 6.45) is 1.49. The van der Waals surface area contributed by atoms with Crippen molar-refractivity contribution in [2.24, 2.45) is 0 Å². The number of aryl methyl sites for hydroxylation is 1. The first kappa shape index (κ1) is 28.8. The quantitative estimate of drug-likeness (QED) is 0.192. The molecule has 1 saturated heterocycles. The van der Waals surface area contributed by atoms with Gasteiger partial charge in [0.1, 0.15) is 29.5 Å². The Balaban J connectivity index is 1.31. The number of benzene rings is 3. The number of hydrogen-bond donors (Lipinski definition) is 1. The van der Waals surface area contributed by atoms with Gasteiger partial charge in [0.2, 0.25) is 5.91 Å². The molecule has 2 heterocycles. The molecule has 2 amide bonds. The van der Waals surface area contributed by atoms with Crippen LogP contribution < -0.4 is 10.1 Å². The van der Waals surface area contributed by atoms with E-state index in [0.717, 1.165) is 27.8 Å². The van der Waals surface area contributed by atoms with E-state index < -0.39 is 12.0 Å². The van der Waals surface area contributed by atoms with Crippen molar-refractivity contribution in [3.63, 3.8) is 0 Å². The number of halogens is 1. The zero-order chi connectivity index (χ0) is 28.8. The zero-order valence-corrected chi connectivity index (χ0v) is 24.2. The van der Waals surface area contributed by atoms with Gasteiger partial charge in [-0.15, -0.1) is 23.4 Å². The molecule has 3 aromatic carbocycles. The number of β-lactam (4-membered cyclic amide) rings is 1. The van der Waals surface area contributed by atoms with E-state index in [1.54, 1.807) is 31.0 Å². The normalized spacial score (nSPS) is 17.9. The van der Waals surface area contributed by atoms with Gasteiger partial charge in [-0.25, -0.2) is 4.79 Å². The van der Waals surface area contributed by atoms with Crippen LogP contribution in [0.5, 0.6) is 5.75 Å². The van der Waals surface area contributed by atoms with Crippen LogP contribution in [0.4, 0.5) is 0 Å². The summed E-state index contributed by atoms with van der Waals surface area (Å²) < 4.78 is 10.9. The maximum absolute atomic E-state index is 13.5. The molecule has 1 N–H and O–H groups in total. The predicted octanol–water partition coefficient (Wildman–Crippen LogP) is 5.01. The van der Waals surface area contributed by atoms with E-state index in [2.05, 4.69) is 5.32 Å². The molecule has 0 unspecified atom stereocenters. The fraction of sp³-hybridized carbons (Fsp3) is 0.281. The summed E-state index contributed by atoms with van der Waals surface area (Å²) in [6, 6.07) is 24.0. The number of hydrogen-bond acceptors (Lipinski definition) is 6. The molecule has 212 valence electrons. The van der Waals surface area contributed by atoms with Crippen molar-refractivity contribution in [2.45, 2.75) is 43.2 Å². The molecule has 0 spiro atoms. The van der Waals surface area contributed by atoms with Crippen LogP contribution in [0.2, 0.25) is 0 Å². The Morgan fingerprint density at radius 1 is 0.927 bits per heavy atom. The molecule has 1 fully saturated rings. The summed E-state index contributed by atoms with van der Waals surface area (Å²) in [5, 5.41) is 2.51. The second kappa shape index (κ2) is 13.3. The summed E-state index contributed by atoms with van der Waals surface area (Å²) in [5.74, 6) is 0.654. The average Bonchev–Trinajstić information content (AvgIpc) is 3.02. The third kappa shape index (κ3) is 6.77. The number of rotatable bonds is 11. The summed E-state index contributed by atoms with van der Waals surface area (Å²) in [6.45, 7) is 0.0660. The third-order valence-corrected chi connectivity index (χ3v) is 8.83. The molecule has 0 aliphatic carbocycles. The molecule has 5 rings (SSSR count). The first-order chi connectivity index (χ1) is 20.0. The van der Waals surface area contributed by atoms with Gasteiger partial charge in [0.05, 0.1) is 13.5 Å². The lowest BCUT2D eigenvalue weighted by Crippen LogP contribution is -2.70. The van der Waals surface area contributed by atoms with Crippen molar-refractivity contribution in [3.8, 4) is 5.75 Å². The highest BCUT2D eigenvalue weighted by molar-refractivity contribution is 8.00. The minimum atomic E-state index is -0.690. The van der Waals surface area contributed by atoms with Gasteiger partial charge in [0.15, 0.2) is 0 Å². The fourth-order valence-corrected chi connectivity index (χ4v) is 6.46. The van der Waals surface area contributed by atoms with Gasteiger partial charge in [-0.1, -0.05) is 66.7 Å². The van der Waals surface area contributed by atoms with Crippen LogP contribution in [0.25, 0.3) is 0 Å². The molecule has 0 radical (unpaired) electrons. The van der Waals surface area contributed by atoms with Gasteiger partial charge in [-0.3, -0.25) is 14.5 Å². The van der Waals surface area contributed by atoms with Crippen molar-refractivity contribution in [3.05, 3.63) is 112 Å². The van der Waals surface area contributed by atoms with Crippen molar-refractivity contribution in [2.75, 3.05) is 12.9 Å². The Labute approximate surface area is 248 Å². The Morgan fingerprint density at radius 3 is 2.29 bits per heavy atom. The molecule has 3 aromatic rings. The first-order valence-electron chi connectivity index (χ1n) is 13.4. The first-order valence-corrected chi connectivity index (χ1v) is 15.0. The second-order valence-electron chi connectivity index (χ2n) is 9.94. The van der Waals surface area contributed by atoms with Crippen molar-refractivity contribution in [1.29, 1.82) is 0 Å². The fourth-order valence-electron chi connectivity index (χ4n) is 4.90. The molecule has 41 heavy (non-hydrogen) atoms. The Bertz CT molecular complexity index is 1430. The van der Waals surface area contributed by atoms with Crippen molar-refractivity contribution < 1.29 is 23.9 Å². The van der Waals surface area contributed by atoms with Crippen LogP contribution in [0.15, 0.2) is 90.1 Å². The summed E-state index contributed by atoms with van der Waals surface area (Å²) in [5.41, 5.74) is 4.98. The number of nitrogens with one attached hydrogen (secondary N) is 1. The van der Waals surface area contributed by atoms with Crippen molar-refractivity contribution in [1.82, 2.24) is 10.2 Å². The zero-order valence-electron chi connectivity index (χ0n) is 22.7. The van der Waals surface area contributed by atoms with Gasteiger partial charge in [-0.05, 0) is 52.8 Å². The molecule has 2 aliphatic rings. The number of ether oxygens (including phenoxy) is 2. The maximum Gasteiger partial charge on any atom is 0.355 e. The van der Waals surface area contributed by atoms with Crippen LogP contribution >= 0.6 is 23.4 Å². The largest absolute Gasteiger partial charge is 0.497 e. The topological polar surface area (TPSA) is 84.9 Å². The molecule has 7 nitrogen and oxygen atoms in total. The molecule has 0 saturated carbocycles. The van der Waals surface area contributed by atoms with Gasteiger partial charge in [0.25, 0.3) is 5.91 Å². The van der Waals surface area contributed by atoms with Crippen LogP contribution in [0, 0.1) is 0 Å². The molecule has 9 heteroatoms. The number of amides is 2. The SMILES string of the molecule is COc1ccc(COC(=O)C2=C(CCc3ccc(CCl)cc3)CS[C@@H]3[C@H](NC(=O)Cc4ccccc4)C(=O)N23)cc1. The van der Waals surface area contributed by atoms with Gasteiger partial charge in [-0.2, -0.15) is 0 Å². The number of fused-ring (bicyclic) bond motifs is 1. The Kier molecular flexibility index (Phi) is 9.31. The number of esters is 1. The van der Waals surface area contributed by atoms with Crippen LogP contribution in [-0.4, -0.2) is 47.0 Å². The average molecular weight is 591 g/mol. The van der Waals surface area contributed by atoms with E-state index in [4.69, 9.17) is 21.1 Å². The summed E-state index contributed by atoms with van der Waals surface area (Å²) >= 11 is 7.48. The maximum atomic E-state index is 13.5. The van der Waals surface area contributed by atoms with Crippen LogP contribution in [-0.2, 0) is 44.4 Å². The molecule has 0 aromatic heterocycles. The minimum Gasteiger partial charge on any atom is -0.497 e. The number of alkyl halides is 1. The van der Waals surface area contributed by atoms with E-state index in [1.165, 1.54) is 4.90 Å². The van der Waals surface area contributed by atoms with Crippen molar-refractivity contribution >= 4 is 41.1 Å². The predicted molar refractivity (Wildman–Crippen MR) is 159 cm³/mol. The lowest BCUT2D eigenvalue weighted by Gasteiger charge is -2.49. The molecular formula is C32H31ClN2O5S. The van der Waals surface area contributed by atoms with E-state index in [0.29, 0.717) is 30.2 Å². The van der Waals surface area contributed by atoms with Crippen LogP contribution in [0.1, 0.15) is 28.7 Å². The number of thioether (sulfide) groups is 1. The molecule has 0 bridgehead atoms. The van der Waals surface area contributed by atoms with Gasteiger partial charge in [0, 0.05) is 11.6 Å². The highest BCUT2D eigenvalue weighted by atomic mass is 35.5. The highest BCUT2D eigenvalue weighted by Crippen LogP contribution is 2.42. The Hall–Kier alpha value is -3.75. The van der Waals surface area contributed by atoms with E-state index in [1.807, 2.05) is 66.7 Å². The summed E-state index contributed by atoms with van der Waals surface area (Å²) in [4.78, 5) is 41.1. The van der Waals surface area contributed by atoms with Crippen LogP contribution in [0.3, 0.4) is 0 Å². The minimum absolute atomic E-state index is 0.0660. The Morgan fingerprint density at radius 2 is 1.61 bits per heavy atom. The second-order valence-corrected chi connectivity index (χ2v) is 11.3. The monoisotopic (exact) mass is 590 g/mol. The van der Waals surface area contributed by atoms with E-state index >= 15 is 0 Å². The highest BCUT2D eigenvalue weighted by Gasteiger charge is 2.54. The van der Waals surface area contributed by atoms with Gasteiger partial charge < -0.3 is 14.8 Å². The van der Waals surface area contributed by atoms with Gasteiger partial charge >= 0.3 is 5.97 Å². The lowest BCUT2D eigenvalue weighted by atomic mass is 9.98. The summed E-state index contributed by atoms with van der Waals surface area (Å²) in [7, 11) is 1.59. The van der Waals surface area contributed by atoms with E-state index in [9.17, 15) is 14.4 Å². The number of methoxy groups -OCH3 is 1. The number of nitrogens with zero attached hydrogens (tertiary/aromatic N) is 1. The molecule has 2 atom stereocenters. The number of carbonyl (C=O) groups excluding carboxylic acids is 3. The number of carbonyl (C=O) groups is 3. The smallest absolute Gasteiger partial charge is 0.355 e. The van der Waals surface area contributed by atoms with E-state index in [-0.39, 0.29) is 35.9 Å². The molecule has 2 aliphatic heterocycles. The molecular weight excluding hydrogens is 560 g/mol. The lowest BCUT2D eigenvalue weighted by molar-refractivity contribution is -0.153. The standard InChI is InChI=1S/C32H31ClN2O5S/c1-39-26-15-12-24(13-16-26)19-40-32(38)29-25(14-11-21-7-9-23(18-33)10-8-21)20-41-31-28(30(37)35(29)31)34-27(36)17-22-5-3-2-4-6-22/h2-10,12-13,15-16,28,31H,11,14,17-20H2,1H3,(H,34,36)/t28-,31-/m1/s1. The third-order valence-electron chi connectivity index (χ3n) is 7.19.